The third-order valence-corrected chi connectivity index (χ3v) is 1.93. The smallest absolute Gasteiger partial charge is 0.251 e. The minimum absolute atomic E-state index is 0.290. The Hall–Kier alpha value is -2.37. The van der Waals surface area contributed by atoms with E-state index in [0.717, 1.165) is 0 Å². The molecule has 0 atom stereocenters. The van der Waals surface area contributed by atoms with Gasteiger partial charge in [0, 0.05) is 24.8 Å². The van der Waals surface area contributed by atoms with E-state index in [4.69, 9.17) is 5.73 Å². The van der Waals surface area contributed by atoms with Gasteiger partial charge in [0.15, 0.2) is 0 Å². The van der Waals surface area contributed by atoms with E-state index in [9.17, 15) is 4.79 Å². The SMILES string of the molecule is NC(=O)c1cnc(Cc2ncccn2)nc1. The maximum atomic E-state index is 10.8. The van der Waals surface area contributed by atoms with E-state index < -0.39 is 5.91 Å². The largest absolute Gasteiger partial charge is 0.366 e. The molecule has 0 radical (unpaired) electrons. The van der Waals surface area contributed by atoms with Gasteiger partial charge in [-0.1, -0.05) is 0 Å². The summed E-state index contributed by atoms with van der Waals surface area (Å²) in [5.41, 5.74) is 5.36. The van der Waals surface area contributed by atoms with E-state index in [-0.39, 0.29) is 5.56 Å². The first-order chi connectivity index (χ1) is 7.75. The lowest BCUT2D eigenvalue weighted by molar-refractivity contribution is 0.0999. The average Bonchev–Trinajstić information content (AvgIpc) is 2.31. The molecule has 0 aliphatic carbocycles. The summed E-state index contributed by atoms with van der Waals surface area (Å²) in [6.45, 7) is 0. The predicted octanol–water partition coefficient (Wildman–Crippen LogP) is -0.0437. The molecular formula is C10H9N5O. The Balaban J connectivity index is 2.14. The zero-order valence-electron chi connectivity index (χ0n) is 8.37. The fourth-order valence-corrected chi connectivity index (χ4v) is 1.14. The van der Waals surface area contributed by atoms with Crippen LogP contribution < -0.4 is 5.73 Å². The molecule has 0 bridgehead atoms. The summed E-state index contributed by atoms with van der Waals surface area (Å²) in [7, 11) is 0. The zero-order chi connectivity index (χ0) is 11.4. The van der Waals surface area contributed by atoms with Crippen LogP contribution >= 0.6 is 0 Å². The van der Waals surface area contributed by atoms with Crippen LogP contribution in [0.4, 0.5) is 0 Å². The maximum absolute atomic E-state index is 10.8. The van der Waals surface area contributed by atoms with Crippen molar-refractivity contribution in [3.63, 3.8) is 0 Å². The predicted molar refractivity (Wildman–Crippen MR) is 55.4 cm³/mol. The number of carbonyl (C=O) groups is 1. The van der Waals surface area contributed by atoms with Crippen molar-refractivity contribution in [1.82, 2.24) is 19.9 Å². The van der Waals surface area contributed by atoms with Crippen LogP contribution in [0.2, 0.25) is 0 Å². The van der Waals surface area contributed by atoms with Crippen molar-refractivity contribution in [2.24, 2.45) is 5.73 Å². The first-order valence-electron chi connectivity index (χ1n) is 4.62. The van der Waals surface area contributed by atoms with Crippen molar-refractivity contribution in [2.75, 3.05) is 0 Å². The molecule has 2 aromatic rings. The van der Waals surface area contributed by atoms with Crippen LogP contribution in [0.5, 0.6) is 0 Å². The fourth-order valence-electron chi connectivity index (χ4n) is 1.14. The number of hydrogen-bond acceptors (Lipinski definition) is 5. The van der Waals surface area contributed by atoms with Crippen molar-refractivity contribution in [1.29, 1.82) is 0 Å². The third kappa shape index (κ3) is 2.35. The minimum atomic E-state index is -0.539. The van der Waals surface area contributed by atoms with Gasteiger partial charge in [0.05, 0.1) is 12.0 Å². The molecule has 0 saturated heterocycles. The molecule has 0 aliphatic heterocycles. The summed E-state index contributed by atoms with van der Waals surface area (Å²) in [4.78, 5) is 26.9. The Labute approximate surface area is 91.6 Å². The zero-order valence-corrected chi connectivity index (χ0v) is 8.37. The summed E-state index contributed by atoms with van der Waals surface area (Å²) in [5, 5.41) is 0. The van der Waals surface area contributed by atoms with Gasteiger partial charge >= 0.3 is 0 Å². The summed E-state index contributed by atoms with van der Waals surface area (Å²) >= 11 is 0. The van der Waals surface area contributed by atoms with E-state index in [0.29, 0.717) is 18.1 Å². The van der Waals surface area contributed by atoms with Crippen LogP contribution in [-0.2, 0) is 6.42 Å². The van der Waals surface area contributed by atoms with Crippen LogP contribution in [-0.4, -0.2) is 25.8 Å². The van der Waals surface area contributed by atoms with E-state index in [2.05, 4.69) is 19.9 Å². The van der Waals surface area contributed by atoms with Crippen LogP contribution in [0, 0.1) is 0 Å². The second kappa shape index (κ2) is 4.43. The Morgan fingerprint density at radius 3 is 2.19 bits per heavy atom. The van der Waals surface area contributed by atoms with E-state index in [1.807, 2.05) is 0 Å². The molecular weight excluding hydrogens is 206 g/mol. The summed E-state index contributed by atoms with van der Waals surface area (Å²) in [5.74, 6) is 0.646. The number of hydrogen-bond donors (Lipinski definition) is 1. The highest BCUT2D eigenvalue weighted by Gasteiger charge is 2.04. The lowest BCUT2D eigenvalue weighted by Gasteiger charge is -1.99. The highest BCUT2D eigenvalue weighted by Crippen LogP contribution is 1.99. The molecule has 1 amide bonds. The molecule has 6 nitrogen and oxygen atoms in total. The van der Waals surface area contributed by atoms with Crippen molar-refractivity contribution < 1.29 is 4.79 Å². The average molecular weight is 215 g/mol. The monoisotopic (exact) mass is 215 g/mol. The Morgan fingerprint density at radius 2 is 1.62 bits per heavy atom. The molecule has 0 aliphatic rings. The van der Waals surface area contributed by atoms with Crippen LogP contribution in [0.15, 0.2) is 30.9 Å². The third-order valence-electron chi connectivity index (χ3n) is 1.93. The van der Waals surface area contributed by atoms with Gasteiger partial charge in [-0.3, -0.25) is 4.79 Å². The van der Waals surface area contributed by atoms with E-state index >= 15 is 0 Å². The molecule has 0 unspecified atom stereocenters. The highest BCUT2D eigenvalue weighted by molar-refractivity contribution is 5.92. The number of nitrogens with zero attached hydrogens (tertiary/aromatic N) is 4. The Bertz CT molecular complexity index is 482. The van der Waals surface area contributed by atoms with Gasteiger partial charge in [0.2, 0.25) is 0 Å². The van der Waals surface area contributed by atoms with Gasteiger partial charge in [-0.15, -0.1) is 0 Å². The summed E-state index contributed by atoms with van der Waals surface area (Å²) < 4.78 is 0. The van der Waals surface area contributed by atoms with Crippen molar-refractivity contribution in [2.45, 2.75) is 6.42 Å². The molecule has 2 rings (SSSR count). The highest BCUT2D eigenvalue weighted by atomic mass is 16.1. The number of aromatic nitrogens is 4. The topological polar surface area (TPSA) is 94.7 Å². The minimum Gasteiger partial charge on any atom is -0.366 e. The van der Waals surface area contributed by atoms with Gasteiger partial charge in [0.25, 0.3) is 5.91 Å². The number of carbonyl (C=O) groups excluding carboxylic acids is 1. The second-order valence-corrected chi connectivity index (χ2v) is 3.09. The summed E-state index contributed by atoms with van der Waals surface area (Å²) in [6, 6.07) is 1.74. The number of rotatable bonds is 3. The van der Waals surface area contributed by atoms with Crippen molar-refractivity contribution in [3.8, 4) is 0 Å². The van der Waals surface area contributed by atoms with Crippen molar-refractivity contribution >= 4 is 5.91 Å². The molecule has 6 heteroatoms. The first-order valence-corrected chi connectivity index (χ1v) is 4.62. The van der Waals surface area contributed by atoms with Crippen molar-refractivity contribution in [3.05, 3.63) is 48.1 Å². The molecule has 2 N–H and O–H groups in total. The number of nitrogens with two attached hydrogens (primary N) is 1. The molecule has 16 heavy (non-hydrogen) atoms. The molecule has 0 spiro atoms. The molecule has 0 aromatic carbocycles. The quantitative estimate of drug-likeness (QED) is 0.774. The molecule has 2 heterocycles. The van der Waals surface area contributed by atoms with Crippen LogP contribution in [0.25, 0.3) is 0 Å². The maximum Gasteiger partial charge on any atom is 0.251 e. The van der Waals surface area contributed by atoms with Gasteiger partial charge in [-0.2, -0.15) is 0 Å². The number of primary amides is 1. The molecule has 0 saturated carbocycles. The lowest BCUT2D eigenvalue weighted by atomic mass is 10.3. The fraction of sp³-hybridized carbons (Fsp3) is 0.100. The Morgan fingerprint density at radius 1 is 1.06 bits per heavy atom. The van der Waals surface area contributed by atoms with Crippen LogP contribution in [0.1, 0.15) is 22.0 Å². The second-order valence-electron chi connectivity index (χ2n) is 3.09. The molecule has 0 fully saturated rings. The normalized spacial score (nSPS) is 10.0. The van der Waals surface area contributed by atoms with Crippen LogP contribution in [0.3, 0.4) is 0 Å². The Kier molecular flexibility index (Phi) is 2.81. The summed E-state index contributed by atoms with van der Waals surface area (Å²) in [6.07, 6.45) is 6.53. The lowest BCUT2D eigenvalue weighted by Crippen LogP contribution is -2.12. The van der Waals surface area contributed by atoms with Gasteiger partial charge in [-0.25, -0.2) is 19.9 Å². The number of amides is 1. The molecule has 2 aromatic heterocycles. The van der Waals surface area contributed by atoms with Gasteiger partial charge in [0.1, 0.15) is 11.6 Å². The standard InChI is InChI=1S/C10H9N5O/c11-10(16)7-5-14-9(15-6-7)4-8-12-2-1-3-13-8/h1-3,5-6H,4H2,(H2,11,16). The van der Waals surface area contributed by atoms with Gasteiger partial charge in [-0.05, 0) is 6.07 Å². The molecule has 80 valence electrons. The van der Waals surface area contributed by atoms with Gasteiger partial charge < -0.3 is 5.73 Å². The van der Waals surface area contributed by atoms with E-state index in [1.54, 1.807) is 18.5 Å². The first kappa shape index (κ1) is 10.2. The van der Waals surface area contributed by atoms with E-state index in [1.165, 1.54) is 12.4 Å².